The van der Waals surface area contributed by atoms with Gasteiger partial charge < -0.3 is 9.80 Å². The number of piperazine rings is 1. The number of hydrazone groups is 1. The number of carbonyl (C=O) groups is 1. The van der Waals surface area contributed by atoms with Crippen LogP contribution in [0.25, 0.3) is 11.5 Å². The zero-order chi connectivity index (χ0) is 23.8. The summed E-state index contributed by atoms with van der Waals surface area (Å²) in [5, 5.41) is 9.34. The van der Waals surface area contributed by atoms with Crippen LogP contribution in [0.15, 0.2) is 35.8 Å². The van der Waals surface area contributed by atoms with Gasteiger partial charge in [0.25, 0.3) is 0 Å². The molecule has 13 heteroatoms. The topological polar surface area (TPSA) is 95.6 Å². The van der Waals surface area contributed by atoms with Crippen molar-refractivity contribution in [1.29, 1.82) is 0 Å². The molecule has 2 amide bonds. The minimum atomic E-state index is -0.706. The number of carbonyl (C=O) groups excluding carboxylic acids is 1. The highest BCUT2D eigenvalue weighted by molar-refractivity contribution is 5.78. The molecule has 34 heavy (non-hydrogen) atoms. The van der Waals surface area contributed by atoms with Crippen LogP contribution < -0.4 is 4.90 Å². The van der Waals surface area contributed by atoms with Crippen molar-refractivity contribution >= 4 is 18.2 Å². The summed E-state index contributed by atoms with van der Waals surface area (Å²) in [5.41, 5.74) is 0.387. The van der Waals surface area contributed by atoms with Crippen LogP contribution in [-0.4, -0.2) is 73.1 Å². The predicted octanol–water partition coefficient (Wildman–Crippen LogP) is 2.36. The molecule has 0 radical (unpaired) electrons. The zero-order valence-corrected chi connectivity index (χ0v) is 18.1. The molecule has 0 spiro atoms. The van der Waals surface area contributed by atoms with Gasteiger partial charge in [0, 0.05) is 51.9 Å². The maximum absolute atomic E-state index is 14.3. The van der Waals surface area contributed by atoms with Crippen LogP contribution in [0.3, 0.4) is 0 Å². The van der Waals surface area contributed by atoms with Gasteiger partial charge in [0.2, 0.25) is 5.95 Å². The fourth-order valence-electron chi connectivity index (χ4n) is 4.06. The molecule has 2 aliphatic heterocycles. The Morgan fingerprint density at radius 3 is 2.44 bits per heavy atom. The van der Waals surface area contributed by atoms with Crippen molar-refractivity contribution in [2.24, 2.45) is 12.1 Å². The van der Waals surface area contributed by atoms with Gasteiger partial charge in [-0.25, -0.2) is 42.6 Å². The Morgan fingerprint density at radius 2 is 1.76 bits per heavy atom. The fourth-order valence-corrected chi connectivity index (χ4v) is 4.06. The van der Waals surface area contributed by atoms with Crippen molar-refractivity contribution in [3.05, 3.63) is 53.7 Å². The van der Waals surface area contributed by atoms with E-state index in [-0.39, 0.29) is 17.5 Å². The summed E-state index contributed by atoms with van der Waals surface area (Å²) in [7, 11) is 1.64. The fraction of sp³-hybridized carbons (Fsp3) is 0.333. The number of anilines is 1. The first kappa shape index (κ1) is 21.8. The van der Waals surface area contributed by atoms with Crippen LogP contribution in [0.4, 0.5) is 23.9 Å². The van der Waals surface area contributed by atoms with E-state index < -0.39 is 23.5 Å². The number of hydrogen-bond donors (Lipinski definition) is 0. The maximum Gasteiger partial charge on any atom is 0.341 e. The number of aryl methyl sites for hydroxylation is 1. The van der Waals surface area contributed by atoms with E-state index in [2.05, 4.69) is 25.2 Å². The average molecular weight is 471 g/mol. The number of hydrogen-bond acceptors (Lipinski definition) is 7. The molecule has 10 nitrogen and oxygen atoms in total. The van der Waals surface area contributed by atoms with E-state index in [0.717, 1.165) is 12.3 Å². The second-order valence-corrected chi connectivity index (χ2v) is 7.93. The van der Waals surface area contributed by atoms with E-state index in [9.17, 15) is 18.0 Å². The first-order valence-electron chi connectivity index (χ1n) is 10.6. The average Bonchev–Trinajstić information content (AvgIpc) is 3.48. The molecule has 1 saturated heterocycles. The van der Waals surface area contributed by atoms with E-state index in [1.54, 1.807) is 18.2 Å². The van der Waals surface area contributed by atoms with E-state index in [1.807, 2.05) is 4.90 Å². The van der Waals surface area contributed by atoms with Crippen LogP contribution in [0.5, 0.6) is 0 Å². The predicted molar refractivity (Wildman–Crippen MR) is 115 cm³/mol. The smallest absolute Gasteiger partial charge is 0.337 e. The maximum atomic E-state index is 14.3. The SMILES string of the molecule is Cn1ncnc1-c1nc(N2CCN(C(=O)N3N=CCC3c3cc(F)cc(F)c3)CC2)ncc1F. The summed E-state index contributed by atoms with van der Waals surface area (Å²) >= 11 is 0. The number of halogens is 3. The Kier molecular flexibility index (Phi) is 5.59. The standard InChI is InChI=1S/C21H20F3N9O/c1-30-19(26-12-28-30)18-16(24)11-25-20(29-18)31-4-6-32(7-5-31)21(34)33-17(2-3-27-33)13-8-14(22)10-15(23)9-13/h3,8-12,17H,2,4-7H2,1H3. The highest BCUT2D eigenvalue weighted by Crippen LogP contribution is 2.30. The summed E-state index contributed by atoms with van der Waals surface area (Å²) in [6, 6.07) is 2.27. The first-order chi connectivity index (χ1) is 16.4. The third kappa shape index (κ3) is 4.04. The lowest BCUT2D eigenvalue weighted by atomic mass is 10.0. The van der Waals surface area contributed by atoms with Crippen LogP contribution >= 0.6 is 0 Å². The Hall–Kier alpha value is -4.03. The Morgan fingerprint density at radius 1 is 1.03 bits per heavy atom. The molecule has 4 heterocycles. The van der Waals surface area contributed by atoms with Gasteiger partial charge in [-0.05, 0) is 17.7 Å². The molecular weight excluding hydrogens is 451 g/mol. The van der Waals surface area contributed by atoms with Crippen molar-refractivity contribution in [2.75, 3.05) is 31.1 Å². The third-order valence-electron chi connectivity index (χ3n) is 5.78. The van der Waals surface area contributed by atoms with Crippen molar-refractivity contribution in [2.45, 2.75) is 12.5 Å². The number of rotatable bonds is 3. The monoisotopic (exact) mass is 471 g/mol. The van der Waals surface area contributed by atoms with Crippen LogP contribution in [0.2, 0.25) is 0 Å². The third-order valence-corrected chi connectivity index (χ3v) is 5.78. The van der Waals surface area contributed by atoms with E-state index in [4.69, 9.17) is 0 Å². The quantitative estimate of drug-likeness (QED) is 0.582. The van der Waals surface area contributed by atoms with Crippen LogP contribution in [-0.2, 0) is 7.05 Å². The Labute approximate surface area is 192 Å². The molecule has 3 aromatic rings. The minimum absolute atomic E-state index is 0.0417. The Balaban J connectivity index is 1.28. The molecule has 5 rings (SSSR count). The molecule has 2 aliphatic rings. The molecular formula is C21H20F3N9O. The van der Waals surface area contributed by atoms with Gasteiger partial charge in [-0.1, -0.05) is 0 Å². The van der Waals surface area contributed by atoms with Gasteiger partial charge in [0.15, 0.2) is 11.6 Å². The van der Waals surface area contributed by atoms with Crippen molar-refractivity contribution in [3.63, 3.8) is 0 Å². The summed E-state index contributed by atoms with van der Waals surface area (Å²) < 4.78 is 43.1. The van der Waals surface area contributed by atoms with Gasteiger partial charge in [0.1, 0.15) is 23.7 Å². The Bertz CT molecular complexity index is 1240. The minimum Gasteiger partial charge on any atom is -0.337 e. The second kappa shape index (κ2) is 8.72. The molecule has 1 aromatic carbocycles. The summed E-state index contributed by atoms with van der Waals surface area (Å²) in [5.74, 6) is -1.42. The van der Waals surface area contributed by atoms with Gasteiger partial charge in [-0.3, -0.25) is 0 Å². The molecule has 0 saturated carbocycles. The summed E-state index contributed by atoms with van der Waals surface area (Å²) in [6.45, 7) is 1.50. The van der Waals surface area contributed by atoms with Crippen LogP contribution in [0, 0.1) is 17.5 Å². The van der Waals surface area contributed by atoms with Gasteiger partial charge in [-0.2, -0.15) is 10.2 Å². The molecule has 0 aliphatic carbocycles. The number of urea groups is 1. The number of benzene rings is 1. The van der Waals surface area contributed by atoms with Crippen molar-refractivity contribution in [1.82, 2.24) is 34.6 Å². The second-order valence-electron chi connectivity index (χ2n) is 7.93. The lowest BCUT2D eigenvalue weighted by Gasteiger charge is -2.37. The molecule has 2 aromatic heterocycles. The largest absolute Gasteiger partial charge is 0.341 e. The van der Waals surface area contributed by atoms with Crippen molar-refractivity contribution in [3.8, 4) is 11.5 Å². The zero-order valence-electron chi connectivity index (χ0n) is 18.1. The first-order valence-corrected chi connectivity index (χ1v) is 10.6. The molecule has 1 atom stereocenters. The molecule has 0 N–H and O–H groups in total. The lowest BCUT2D eigenvalue weighted by Crippen LogP contribution is -2.52. The summed E-state index contributed by atoms with van der Waals surface area (Å²) in [4.78, 5) is 29.0. The van der Waals surface area contributed by atoms with Gasteiger partial charge in [0.05, 0.1) is 12.2 Å². The lowest BCUT2D eigenvalue weighted by molar-refractivity contribution is 0.139. The van der Waals surface area contributed by atoms with E-state index in [0.29, 0.717) is 44.1 Å². The van der Waals surface area contributed by atoms with E-state index in [1.165, 1.54) is 28.2 Å². The molecule has 176 valence electrons. The van der Waals surface area contributed by atoms with Gasteiger partial charge >= 0.3 is 6.03 Å². The van der Waals surface area contributed by atoms with Crippen molar-refractivity contribution < 1.29 is 18.0 Å². The normalized spacial score (nSPS) is 18.1. The molecule has 0 bridgehead atoms. The highest BCUT2D eigenvalue weighted by Gasteiger charge is 2.34. The van der Waals surface area contributed by atoms with Crippen LogP contribution in [0.1, 0.15) is 18.0 Å². The van der Waals surface area contributed by atoms with Gasteiger partial charge in [-0.15, -0.1) is 0 Å². The number of amides is 2. The number of nitrogens with zero attached hydrogens (tertiary/aromatic N) is 9. The summed E-state index contributed by atoms with van der Waals surface area (Å²) in [6.07, 6.45) is 4.32. The molecule has 1 unspecified atom stereocenters. The highest BCUT2D eigenvalue weighted by atomic mass is 19.1. The van der Waals surface area contributed by atoms with E-state index >= 15 is 0 Å². The number of aromatic nitrogens is 5. The molecule has 1 fully saturated rings.